The Labute approximate surface area is 137 Å². The highest BCUT2D eigenvalue weighted by atomic mass is 16.5. The molecule has 5 nitrogen and oxygen atoms in total. The highest BCUT2D eigenvalue weighted by molar-refractivity contribution is 5.28. The number of benzene rings is 1. The summed E-state index contributed by atoms with van der Waals surface area (Å²) in [6, 6.07) is 8.29. The van der Waals surface area contributed by atoms with E-state index in [2.05, 4.69) is 33.6 Å². The third-order valence-electron chi connectivity index (χ3n) is 4.39. The topological polar surface area (TPSA) is 39.5 Å². The van der Waals surface area contributed by atoms with Gasteiger partial charge in [-0.25, -0.2) is 4.98 Å². The number of imidazole rings is 1. The van der Waals surface area contributed by atoms with Crippen LogP contribution in [0.15, 0.2) is 30.6 Å². The fourth-order valence-corrected chi connectivity index (χ4v) is 3.31. The fraction of sp³-hybridized carbons (Fsp3) is 0.500. The average Bonchev–Trinajstić information content (AvgIpc) is 2.94. The number of aryl methyl sites for hydroxylation is 1. The van der Waals surface area contributed by atoms with Gasteiger partial charge in [0.05, 0.1) is 25.7 Å². The lowest BCUT2D eigenvalue weighted by Crippen LogP contribution is -2.36. The largest absolute Gasteiger partial charge is 0.497 e. The molecule has 1 aromatic carbocycles. The molecule has 0 N–H and O–H groups in total. The van der Waals surface area contributed by atoms with E-state index in [4.69, 9.17) is 9.47 Å². The summed E-state index contributed by atoms with van der Waals surface area (Å²) in [4.78, 5) is 7.02. The molecular weight excluding hydrogens is 290 g/mol. The van der Waals surface area contributed by atoms with Crippen LogP contribution in [-0.2, 0) is 24.9 Å². The Morgan fingerprint density at radius 2 is 2.04 bits per heavy atom. The Morgan fingerprint density at radius 1 is 1.26 bits per heavy atom. The highest BCUT2D eigenvalue weighted by Gasteiger charge is 2.29. The van der Waals surface area contributed by atoms with Crippen LogP contribution < -0.4 is 4.74 Å². The molecule has 23 heavy (non-hydrogen) atoms. The van der Waals surface area contributed by atoms with E-state index in [-0.39, 0.29) is 0 Å². The van der Waals surface area contributed by atoms with Gasteiger partial charge in [0, 0.05) is 44.9 Å². The smallest absolute Gasteiger partial charge is 0.118 e. The van der Waals surface area contributed by atoms with Crippen molar-refractivity contribution >= 4 is 0 Å². The van der Waals surface area contributed by atoms with Crippen molar-refractivity contribution in [1.82, 2.24) is 14.5 Å². The van der Waals surface area contributed by atoms with Gasteiger partial charge in [0.15, 0.2) is 0 Å². The van der Waals surface area contributed by atoms with Gasteiger partial charge < -0.3 is 14.0 Å². The Bertz CT molecular complexity index is 636. The number of fused-ring (bicyclic) bond motifs is 1. The van der Waals surface area contributed by atoms with Crippen LogP contribution in [0.5, 0.6) is 5.75 Å². The number of aromatic nitrogens is 2. The van der Waals surface area contributed by atoms with E-state index in [1.165, 1.54) is 17.0 Å². The predicted octanol–water partition coefficient (Wildman–Crippen LogP) is 2.56. The molecule has 0 fully saturated rings. The van der Waals surface area contributed by atoms with Crippen LogP contribution in [0, 0.1) is 0 Å². The summed E-state index contributed by atoms with van der Waals surface area (Å²) in [5.41, 5.74) is 3.79. The quantitative estimate of drug-likeness (QED) is 0.821. The van der Waals surface area contributed by atoms with Gasteiger partial charge >= 0.3 is 0 Å². The lowest BCUT2D eigenvalue weighted by Gasteiger charge is -2.32. The first-order valence-electron chi connectivity index (χ1n) is 8.14. The van der Waals surface area contributed by atoms with Crippen LogP contribution in [-0.4, -0.2) is 41.3 Å². The summed E-state index contributed by atoms with van der Waals surface area (Å²) >= 11 is 0. The maximum Gasteiger partial charge on any atom is 0.118 e. The molecule has 124 valence electrons. The number of hydrogen-bond acceptors (Lipinski definition) is 4. The zero-order chi connectivity index (χ0) is 16.2. The van der Waals surface area contributed by atoms with Crippen LogP contribution >= 0.6 is 0 Å². The molecule has 2 heterocycles. The van der Waals surface area contributed by atoms with Crippen molar-refractivity contribution < 1.29 is 9.47 Å². The molecule has 0 aliphatic carbocycles. The van der Waals surface area contributed by atoms with Gasteiger partial charge in [-0.3, -0.25) is 4.90 Å². The minimum Gasteiger partial charge on any atom is -0.497 e. The molecule has 2 aromatic rings. The maximum atomic E-state index is 5.70. The summed E-state index contributed by atoms with van der Waals surface area (Å²) in [6.45, 7) is 6.36. The molecule has 3 rings (SSSR count). The van der Waals surface area contributed by atoms with Gasteiger partial charge in [0.2, 0.25) is 0 Å². The molecule has 0 amide bonds. The van der Waals surface area contributed by atoms with E-state index in [0.717, 1.165) is 38.6 Å². The molecule has 1 atom stereocenters. The van der Waals surface area contributed by atoms with Crippen molar-refractivity contribution in [3.05, 3.63) is 47.5 Å². The molecule has 0 saturated heterocycles. The van der Waals surface area contributed by atoms with Crippen molar-refractivity contribution in [2.45, 2.75) is 25.9 Å². The molecule has 1 aliphatic rings. The van der Waals surface area contributed by atoms with E-state index in [0.29, 0.717) is 5.92 Å². The van der Waals surface area contributed by atoms with Gasteiger partial charge in [-0.1, -0.05) is 12.1 Å². The molecule has 0 spiro atoms. The Morgan fingerprint density at radius 3 is 2.74 bits per heavy atom. The molecule has 5 heteroatoms. The van der Waals surface area contributed by atoms with Crippen molar-refractivity contribution in [2.24, 2.45) is 7.05 Å². The predicted molar refractivity (Wildman–Crippen MR) is 89.6 cm³/mol. The van der Waals surface area contributed by atoms with Gasteiger partial charge in [-0.2, -0.15) is 0 Å². The van der Waals surface area contributed by atoms with Crippen molar-refractivity contribution in [2.75, 3.05) is 26.9 Å². The van der Waals surface area contributed by atoms with Crippen LogP contribution in [0.4, 0.5) is 0 Å². The van der Waals surface area contributed by atoms with Gasteiger partial charge in [0.1, 0.15) is 5.75 Å². The highest BCUT2D eigenvalue weighted by Crippen LogP contribution is 2.28. The maximum absolute atomic E-state index is 5.70. The Kier molecular flexibility index (Phi) is 4.98. The van der Waals surface area contributed by atoms with E-state index >= 15 is 0 Å². The first-order chi connectivity index (χ1) is 11.2. The van der Waals surface area contributed by atoms with E-state index in [1.807, 2.05) is 25.4 Å². The standard InChI is InChI=1S/C18H25N3O2/c1-4-23-12-15-10-21(11-17-18(15)20(2)13-19-17)9-14-5-7-16(22-3)8-6-14/h5-8,13,15H,4,9-12H2,1-3H3/t15-/m1/s1. The summed E-state index contributed by atoms with van der Waals surface area (Å²) < 4.78 is 13.1. The van der Waals surface area contributed by atoms with Gasteiger partial charge in [-0.15, -0.1) is 0 Å². The monoisotopic (exact) mass is 315 g/mol. The van der Waals surface area contributed by atoms with E-state index < -0.39 is 0 Å². The summed E-state index contributed by atoms with van der Waals surface area (Å²) in [5.74, 6) is 1.28. The summed E-state index contributed by atoms with van der Waals surface area (Å²) in [5, 5.41) is 0. The number of ether oxygens (including phenoxy) is 2. The molecule has 1 aliphatic heterocycles. The van der Waals surface area contributed by atoms with Gasteiger partial charge in [0.25, 0.3) is 0 Å². The summed E-state index contributed by atoms with van der Waals surface area (Å²) in [6.07, 6.45) is 1.92. The second-order valence-electron chi connectivity index (χ2n) is 6.06. The van der Waals surface area contributed by atoms with Crippen LogP contribution in [0.1, 0.15) is 29.8 Å². The zero-order valence-electron chi connectivity index (χ0n) is 14.2. The number of rotatable bonds is 6. The first-order valence-corrected chi connectivity index (χ1v) is 8.14. The number of hydrogen-bond donors (Lipinski definition) is 0. The van der Waals surface area contributed by atoms with Crippen LogP contribution in [0.3, 0.4) is 0 Å². The number of nitrogens with zero attached hydrogens (tertiary/aromatic N) is 3. The SMILES string of the molecule is CCOC[C@H]1CN(Cc2ccc(OC)cc2)Cc2ncn(C)c21. The van der Waals surface area contributed by atoms with E-state index in [1.54, 1.807) is 7.11 Å². The van der Waals surface area contributed by atoms with Crippen molar-refractivity contribution in [1.29, 1.82) is 0 Å². The normalized spacial score (nSPS) is 18.0. The Hall–Kier alpha value is -1.85. The molecule has 0 radical (unpaired) electrons. The second kappa shape index (κ2) is 7.15. The average molecular weight is 315 g/mol. The zero-order valence-corrected chi connectivity index (χ0v) is 14.2. The molecule has 0 unspecified atom stereocenters. The Balaban J connectivity index is 1.73. The molecule has 0 saturated carbocycles. The molecule has 1 aromatic heterocycles. The minimum atomic E-state index is 0.379. The molecule has 0 bridgehead atoms. The minimum absolute atomic E-state index is 0.379. The lowest BCUT2D eigenvalue weighted by atomic mass is 9.98. The summed E-state index contributed by atoms with van der Waals surface area (Å²) in [7, 11) is 3.77. The van der Waals surface area contributed by atoms with Crippen molar-refractivity contribution in [3.8, 4) is 5.75 Å². The fourth-order valence-electron chi connectivity index (χ4n) is 3.31. The van der Waals surface area contributed by atoms with E-state index in [9.17, 15) is 0 Å². The third-order valence-corrected chi connectivity index (χ3v) is 4.39. The van der Waals surface area contributed by atoms with Gasteiger partial charge in [-0.05, 0) is 24.6 Å². The molecular formula is C18H25N3O2. The van der Waals surface area contributed by atoms with Crippen LogP contribution in [0.2, 0.25) is 0 Å². The van der Waals surface area contributed by atoms with Crippen molar-refractivity contribution in [3.63, 3.8) is 0 Å². The number of methoxy groups -OCH3 is 1. The second-order valence-corrected chi connectivity index (χ2v) is 6.06. The third kappa shape index (κ3) is 3.57. The van der Waals surface area contributed by atoms with Crippen LogP contribution in [0.25, 0.3) is 0 Å². The lowest BCUT2D eigenvalue weighted by molar-refractivity contribution is 0.102. The first kappa shape index (κ1) is 16.0.